The van der Waals surface area contributed by atoms with Crippen molar-refractivity contribution in [2.45, 2.75) is 12.8 Å². The van der Waals surface area contributed by atoms with E-state index in [-0.39, 0.29) is 5.92 Å². The number of aromatic nitrogens is 3. The monoisotopic (exact) mass is 1010 g/mol. The van der Waals surface area contributed by atoms with Crippen molar-refractivity contribution in [1.29, 1.82) is 10.5 Å². The van der Waals surface area contributed by atoms with Crippen LogP contribution in [0.1, 0.15) is 33.9 Å². The largest absolute Gasteiger partial charge is 0.455 e. The van der Waals surface area contributed by atoms with Crippen molar-refractivity contribution in [3.63, 3.8) is 0 Å². The van der Waals surface area contributed by atoms with Crippen LogP contribution in [0, 0.1) is 53.6 Å². The Morgan fingerprint density at radius 2 is 1.36 bits per heavy atom. The fourth-order valence-corrected chi connectivity index (χ4v) is 13.7. The minimum atomic E-state index is -0.0427. The van der Waals surface area contributed by atoms with Crippen LogP contribution in [0.4, 0.5) is 11.4 Å². The summed E-state index contributed by atoms with van der Waals surface area (Å²) in [5, 5.41) is 32.3. The number of nitrogens with zero attached hydrogens (tertiary/aromatic N) is 6. The van der Waals surface area contributed by atoms with Crippen molar-refractivity contribution in [3.05, 3.63) is 240 Å². The number of benzene rings is 8. The number of fused-ring (bicyclic) bond motifs is 17. The second-order valence-corrected chi connectivity index (χ2v) is 21.0. The first-order valence-corrected chi connectivity index (χ1v) is 26.6. The van der Waals surface area contributed by atoms with Crippen LogP contribution in [0.15, 0.2) is 205 Å². The van der Waals surface area contributed by atoms with E-state index >= 15 is 0 Å². The van der Waals surface area contributed by atoms with Gasteiger partial charge in [0.25, 0.3) is 0 Å². The third-order valence-corrected chi connectivity index (χ3v) is 17.1. The van der Waals surface area contributed by atoms with E-state index in [2.05, 4.69) is 214 Å². The fourth-order valence-electron chi connectivity index (χ4n) is 12.5. The maximum atomic E-state index is 11.5. The lowest BCUT2D eigenvalue weighted by Crippen LogP contribution is -2.21. The van der Waals surface area contributed by atoms with Gasteiger partial charge < -0.3 is 23.0 Å². The lowest BCUT2D eigenvalue weighted by molar-refractivity contribution is 0.673. The summed E-state index contributed by atoms with van der Waals surface area (Å²) < 4.78 is 15.7. The van der Waals surface area contributed by atoms with E-state index in [1.807, 2.05) is 48.6 Å². The first-order valence-electron chi connectivity index (χ1n) is 25.8. The summed E-state index contributed by atoms with van der Waals surface area (Å²) >= 11 is 1.76. The van der Waals surface area contributed by atoms with Crippen molar-refractivity contribution in [2.75, 3.05) is 4.90 Å². The molecule has 0 radical (unpaired) electrons. The van der Waals surface area contributed by atoms with Gasteiger partial charge in [0.15, 0.2) is 0 Å². The highest BCUT2D eigenvalue weighted by Crippen LogP contribution is 2.47. The Morgan fingerprint density at radius 1 is 0.615 bits per heavy atom. The maximum absolute atomic E-state index is 11.5. The zero-order chi connectivity index (χ0) is 51.9. The number of aryl methyl sites for hydroxylation is 1. The molecule has 7 nitrogen and oxygen atoms in total. The first kappa shape index (κ1) is 43.6. The normalized spacial score (nSPS) is 14.0. The van der Waals surface area contributed by atoms with Gasteiger partial charge >= 0.3 is 0 Å². The van der Waals surface area contributed by atoms with Gasteiger partial charge in [-0.15, -0.1) is 11.3 Å². The predicted octanol–water partition coefficient (Wildman–Crippen LogP) is 17.6. The van der Waals surface area contributed by atoms with Crippen LogP contribution in [0.25, 0.3) is 120 Å². The van der Waals surface area contributed by atoms with Gasteiger partial charge in [-0.2, -0.15) is 10.5 Å². The molecule has 1 aliphatic heterocycles. The van der Waals surface area contributed by atoms with Crippen LogP contribution >= 0.6 is 11.3 Å². The van der Waals surface area contributed by atoms with Crippen molar-refractivity contribution < 1.29 is 4.42 Å². The molecule has 16 rings (SSSR count). The fraction of sp³-hybridized carbons (Fsp3) is 0.0286. The van der Waals surface area contributed by atoms with E-state index < -0.39 is 0 Å². The van der Waals surface area contributed by atoms with Crippen LogP contribution in [0.3, 0.4) is 0 Å². The number of para-hydroxylation sites is 3. The molecule has 0 spiro atoms. The molecule has 2 aliphatic rings. The second kappa shape index (κ2) is 16.4. The average molecular weight is 1010 g/mol. The molecule has 0 amide bonds. The molecule has 0 N–H and O–H groups in total. The molecule has 1 aliphatic carbocycles. The molecule has 6 heterocycles. The molecule has 8 heteroatoms. The van der Waals surface area contributed by atoms with E-state index in [1.165, 1.54) is 26.4 Å². The Bertz CT molecular complexity index is 5310. The van der Waals surface area contributed by atoms with Gasteiger partial charge in [0, 0.05) is 69.6 Å². The minimum Gasteiger partial charge on any atom is -0.455 e. The molecule has 1 atom stereocenters. The van der Waals surface area contributed by atoms with Crippen LogP contribution in [0.5, 0.6) is 0 Å². The molecule has 14 aromatic rings. The summed E-state index contributed by atoms with van der Waals surface area (Å²) in [6, 6.07) is 67.2. The zero-order valence-electron chi connectivity index (χ0n) is 41.8. The number of allylic oxidation sites excluding steroid dienone is 5. The van der Waals surface area contributed by atoms with E-state index in [0.717, 1.165) is 104 Å². The molecule has 5 aromatic heterocycles. The highest BCUT2D eigenvalue weighted by Gasteiger charge is 2.29. The van der Waals surface area contributed by atoms with Crippen LogP contribution in [-0.4, -0.2) is 13.7 Å². The van der Waals surface area contributed by atoms with E-state index in [0.29, 0.717) is 28.0 Å². The van der Waals surface area contributed by atoms with Gasteiger partial charge in [0.1, 0.15) is 28.8 Å². The Balaban J connectivity index is 0.953. The lowest BCUT2D eigenvalue weighted by Gasteiger charge is -2.32. The van der Waals surface area contributed by atoms with E-state index in [9.17, 15) is 10.5 Å². The zero-order valence-corrected chi connectivity index (χ0v) is 42.6. The number of nitriles is 2. The summed E-state index contributed by atoms with van der Waals surface area (Å²) in [6.45, 7) is 6.15. The molecule has 360 valence electrons. The molecule has 0 saturated carbocycles. The Labute approximate surface area is 450 Å². The number of rotatable bonds is 6. The Kier molecular flexibility index (Phi) is 9.16. The van der Waals surface area contributed by atoms with Gasteiger partial charge in [-0.25, -0.2) is 0 Å². The molecule has 9 aromatic carbocycles. The first-order chi connectivity index (χ1) is 38.5. The van der Waals surface area contributed by atoms with Crippen molar-refractivity contribution in [3.8, 4) is 41.0 Å². The highest BCUT2D eigenvalue weighted by molar-refractivity contribution is 7.25. The predicted molar refractivity (Wildman–Crippen MR) is 320 cm³/mol. The Morgan fingerprint density at radius 3 is 2.22 bits per heavy atom. The molecular weight excluding hydrogens is 973 g/mol. The van der Waals surface area contributed by atoms with Gasteiger partial charge in [0.2, 0.25) is 0 Å². The summed E-state index contributed by atoms with van der Waals surface area (Å²) in [5.74, 6) is 6.59. The van der Waals surface area contributed by atoms with Gasteiger partial charge in [-0.3, -0.25) is 0 Å². The van der Waals surface area contributed by atoms with Crippen LogP contribution in [0.2, 0.25) is 0 Å². The van der Waals surface area contributed by atoms with Gasteiger partial charge in [-0.1, -0.05) is 103 Å². The van der Waals surface area contributed by atoms with Crippen LogP contribution < -0.4 is 4.90 Å². The quantitative estimate of drug-likeness (QED) is 0.123. The number of anilines is 2. The smallest absolute Gasteiger partial charge is 0.145 e. The summed E-state index contributed by atoms with van der Waals surface area (Å²) in [5.41, 5.74) is 15.1. The number of furan rings is 1. The molecular formula is C70H38N6OS. The van der Waals surface area contributed by atoms with E-state index in [1.54, 1.807) is 11.3 Å². The SMILES string of the molecule is C=C/C=C\c1c(C)c2ccccc2n1-c1ccc2c(c1)c1cc3c(cc1n2-c1cc(C#N)c(-n2c4c#cc(N5C6=CC(C#CC=C6)c6ccccc65)cc4c4c5oc6ccccc6c5ccc42)cc1C#N)sc1ccccc13. The van der Waals surface area contributed by atoms with Gasteiger partial charge in [-0.05, 0) is 139 Å². The van der Waals surface area contributed by atoms with Crippen molar-refractivity contribution in [2.24, 2.45) is 0 Å². The van der Waals surface area contributed by atoms with Gasteiger partial charge in [0.05, 0.1) is 67.2 Å². The third kappa shape index (κ3) is 6.04. The highest BCUT2D eigenvalue weighted by atomic mass is 32.1. The average Bonchev–Trinajstić information content (AvgIpc) is 4.08. The Hall–Kier alpha value is -10.7. The third-order valence-electron chi connectivity index (χ3n) is 15.9. The summed E-state index contributed by atoms with van der Waals surface area (Å²) in [4.78, 5) is 2.21. The molecule has 78 heavy (non-hydrogen) atoms. The lowest BCUT2D eigenvalue weighted by atomic mass is 9.92. The number of hydrogen-bond donors (Lipinski definition) is 0. The summed E-state index contributed by atoms with van der Waals surface area (Å²) in [6.07, 6.45) is 12.1. The molecule has 0 fully saturated rings. The molecule has 0 saturated heterocycles. The van der Waals surface area contributed by atoms with Crippen LogP contribution in [-0.2, 0) is 0 Å². The summed E-state index contributed by atoms with van der Waals surface area (Å²) in [7, 11) is 0. The second-order valence-electron chi connectivity index (χ2n) is 20.0. The topological polar surface area (TPSA) is 78.8 Å². The van der Waals surface area contributed by atoms with E-state index in [4.69, 9.17) is 4.42 Å². The van der Waals surface area contributed by atoms with Crippen molar-refractivity contribution >= 4 is 125 Å². The number of thiophene rings is 1. The van der Waals surface area contributed by atoms with Crippen molar-refractivity contribution in [1.82, 2.24) is 13.7 Å². The minimum absolute atomic E-state index is 0.0427. The standard InChI is InChI=1S/C70H38N6OS/c1-3-4-21-57-41(2)48-17-7-11-22-58(48)74(57)47-27-29-60-53(35-47)54-37-55-51-20-10-14-25-67(51)78-68(55)38-65(54)76(60)64-34-43(39-71)63(33-44(64)40-72)75-61-30-26-46(73-45-16-6-5-15-42(32-45)49-18-8-12-23-59(49)73)36-56(61)69-62(75)31-28-52-50-19-9-13-24-66(50)77-70(52)69/h3-4,6-14,16-25,27-29,31-38,42H,1H2,2H3/b21-4-. The molecule has 1 unspecified atom stereocenters. The molecule has 2 bridgehead atoms. The number of hydrogen-bond acceptors (Lipinski definition) is 5. The maximum Gasteiger partial charge on any atom is 0.145 e.